The number of hydrogen-bond acceptors (Lipinski definition) is 3. The molecule has 1 aromatic heterocycles. The smallest absolute Gasteiger partial charge is 0.227 e. The number of carbonyl (C=O) groups excluding carboxylic acids is 1. The van der Waals surface area contributed by atoms with Gasteiger partial charge >= 0.3 is 0 Å². The number of amides is 1. The zero-order valence-corrected chi connectivity index (χ0v) is 12.6. The predicted octanol–water partition coefficient (Wildman–Crippen LogP) is 3.08. The van der Waals surface area contributed by atoms with Gasteiger partial charge in [-0.3, -0.25) is 4.79 Å². The normalized spacial score (nSPS) is 28.9. The Kier molecular flexibility index (Phi) is 4.63. The fraction of sp³-hybridized carbons (Fsp3) is 0.667. The molecule has 0 saturated heterocycles. The Morgan fingerprint density at radius 3 is 2.79 bits per heavy atom. The van der Waals surface area contributed by atoms with Crippen LogP contribution in [0.5, 0.6) is 0 Å². The monoisotopic (exact) mass is 280 g/mol. The summed E-state index contributed by atoms with van der Waals surface area (Å²) in [5.74, 6) is 0.866. The average molecular weight is 280 g/mol. The zero-order valence-electron chi connectivity index (χ0n) is 11.8. The topological polar surface area (TPSA) is 55.1 Å². The van der Waals surface area contributed by atoms with Gasteiger partial charge in [0.2, 0.25) is 5.91 Å². The number of rotatable bonds is 4. The molecule has 1 aliphatic carbocycles. The van der Waals surface area contributed by atoms with Crippen LogP contribution in [0.2, 0.25) is 0 Å². The van der Waals surface area contributed by atoms with E-state index >= 15 is 0 Å². The Bertz CT molecular complexity index is 408. The van der Waals surface area contributed by atoms with Crippen molar-refractivity contribution in [1.29, 1.82) is 0 Å². The van der Waals surface area contributed by atoms with Crippen molar-refractivity contribution in [2.75, 3.05) is 6.54 Å². The molecule has 106 valence electrons. The van der Waals surface area contributed by atoms with Crippen molar-refractivity contribution >= 4 is 17.2 Å². The average Bonchev–Trinajstić information content (AvgIpc) is 2.94. The van der Waals surface area contributed by atoms with Crippen molar-refractivity contribution in [3.8, 4) is 0 Å². The summed E-state index contributed by atoms with van der Waals surface area (Å²) in [4.78, 5) is 13.8. The van der Waals surface area contributed by atoms with Crippen LogP contribution in [0.15, 0.2) is 17.5 Å². The number of thiophene rings is 1. The lowest BCUT2D eigenvalue weighted by Crippen LogP contribution is -2.48. The van der Waals surface area contributed by atoms with Crippen LogP contribution in [0.25, 0.3) is 0 Å². The highest BCUT2D eigenvalue weighted by Crippen LogP contribution is 2.38. The number of nitrogens with two attached hydrogens (primary N) is 1. The standard InChI is InChI=1S/C15H24N2OS/c1-11-5-7-15(10-16,8-6-11)14(18)17-12(2)13-4-3-9-19-13/h3-4,9,11-12H,5-8,10,16H2,1-2H3,(H,17,18)/t11?,12-,15?/m1/s1. The fourth-order valence-electron chi connectivity index (χ4n) is 2.80. The summed E-state index contributed by atoms with van der Waals surface area (Å²) in [6.45, 7) is 4.76. The summed E-state index contributed by atoms with van der Waals surface area (Å²) in [5.41, 5.74) is 5.59. The van der Waals surface area contributed by atoms with E-state index in [0.717, 1.165) is 31.6 Å². The molecule has 1 fully saturated rings. The SMILES string of the molecule is CC1CCC(CN)(C(=O)N[C@H](C)c2cccs2)CC1. The second-order valence-corrected chi connectivity index (χ2v) is 6.86. The molecule has 0 spiro atoms. The van der Waals surface area contributed by atoms with E-state index in [1.807, 2.05) is 18.4 Å². The minimum absolute atomic E-state index is 0.0790. The first-order valence-electron chi connectivity index (χ1n) is 7.12. The van der Waals surface area contributed by atoms with E-state index in [1.54, 1.807) is 11.3 Å². The molecule has 3 N–H and O–H groups in total. The van der Waals surface area contributed by atoms with E-state index in [9.17, 15) is 4.79 Å². The van der Waals surface area contributed by atoms with Gasteiger partial charge in [0, 0.05) is 11.4 Å². The third-order valence-corrected chi connectivity index (χ3v) is 5.48. The lowest BCUT2D eigenvalue weighted by Gasteiger charge is -2.37. The molecule has 1 aliphatic rings. The van der Waals surface area contributed by atoms with Gasteiger partial charge in [-0.15, -0.1) is 11.3 Å². The second kappa shape index (κ2) is 6.06. The van der Waals surface area contributed by atoms with E-state index in [0.29, 0.717) is 6.54 Å². The van der Waals surface area contributed by atoms with Gasteiger partial charge in [0.15, 0.2) is 0 Å². The molecule has 1 saturated carbocycles. The molecule has 1 atom stereocenters. The molecule has 0 bridgehead atoms. The molecule has 0 radical (unpaired) electrons. The van der Waals surface area contributed by atoms with Crippen LogP contribution in [0.3, 0.4) is 0 Å². The first kappa shape index (κ1) is 14.5. The highest BCUT2D eigenvalue weighted by atomic mass is 32.1. The second-order valence-electron chi connectivity index (χ2n) is 5.88. The largest absolute Gasteiger partial charge is 0.348 e. The number of hydrogen-bond donors (Lipinski definition) is 2. The number of nitrogens with one attached hydrogen (secondary N) is 1. The number of carbonyl (C=O) groups is 1. The van der Waals surface area contributed by atoms with Crippen LogP contribution in [0.4, 0.5) is 0 Å². The van der Waals surface area contributed by atoms with Crippen LogP contribution < -0.4 is 11.1 Å². The molecule has 19 heavy (non-hydrogen) atoms. The highest BCUT2D eigenvalue weighted by molar-refractivity contribution is 7.10. The summed E-state index contributed by atoms with van der Waals surface area (Å²) in [7, 11) is 0. The van der Waals surface area contributed by atoms with Crippen LogP contribution in [0, 0.1) is 11.3 Å². The molecule has 1 heterocycles. The summed E-state index contributed by atoms with van der Waals surface area (Å²) >= 11 is 1.68. The highest BCUT2D eigenvalue weighted by Gasteiger charge is 2.40. The van der Waals surface area contributed by atoms with Crippen molar-refractivity contribution in [3.05, 3.63) is 22.4 Å². The molecule has 4 heteroatoms. The molecule has 0 aromatic carbocycles. The van der Waals surface area contributed by atoms with Gasteiger partial charge in [-0.2, -0.15) is 0 Å². The lowest BCUT2D eigenvalue weighted by molar-refractivity contribution is -0.133. The van der Waals surface area contributed by atoms with Gasteiger partial charge in [0.25, 0.3) is 0 Å². The molecule has 0 aliphatic heterocycles. The van der Waals surface area contributed by atoms with E-state index in [1.165, 1.54) is 4.88 Å². The molecule has 0 unspecified atom stereocenters. The van der Waals surface area contributed by atoms with E-state index in [4.69, 9.17) is 5.73 Å². The Balaban J connectivity index is 2.01. The first-order valence-corrected chi connectivity index (χ1v) is 8.00. The fourth-order valence-corrected chi connectivity index (χ4v) is 3.53. The molecule has 3 nitrogen and oxygen atoms in total. The molecular formula is C15H24N2OS. The predicted molar refractivity (Wildman–Crippen MR) is 80.0 cm³/mol. The summed E-state index contributed by atoms with van der Waals surface area (Å²) in [6.07, 6.45) is 4.07. The third-order valence-electron chi connectivity index (χ3n) is 4.42. The van der Waals surface area contributed by atoms with Crippen molar-refractivity contribution in [3.63, 3.8) is 0 Å². The van der Waals surface area contributed by atoms with Crippen LogP contribution in [-0.2, 0) is 4.79 Å². The minimum Gasteiger partial charge on any atom is -0.348 e. The van der Waals surface area contributed by atoms with E-state index < -0.39 is 0 Å². The van der Waals surface area contributed by atoms with Gasteiger partial charge in [-0.05, 0) is 50.0 Å². The Hall–Kier alpha value is -0.870. The summed E-state index contributed by atoms with van der Waals surface area (Å²) in [6, 6.07) is 4.16. The van der Waals surface area contributed by atoms with Crippen molar-refractivity contribution < 1.29 is 4.79 Å². The molecule has 1 aromatic rings. The lowest BCUT2D eigenvalue weighted by atomic mass is 9.70. The van der Waals surface area contributed by atoms with Crippen molar-refractivity contribution in [2.45, 2.75) is 45.6 Å². The maximum atomic E-state index is 12.6. The van der Waals surface area contributed by atoms with Gasteiger partial charge in [-0.1, -0.05) is 13.0 Å². The summed E-state index contributed by atoms with van der Waals surface area (Å²) < 4.78 is 0. The zero-order chi connectivity index (χ0) is 13.9. The van der Waals surface area contributed by atoms with Crippen LogP contribution in [-0.4, -0.2) is 12.5 Å². The van der Waals surface area contributed by atoms with Gasteiger partial charge < -0.3 is 11.1 Å². The van der Waals surface area contributed by atoms with Crippen molar-refractivity contribution in [2.24, 2.45) is 17.1 Å². The van der Waals surface area contributed by atoms with Gasteiger partial charge in [0.05, 0.1) is 11.5 Å². The summed E-state index contributed by atoms with van der Waals surface area (Å²) in [5, 5.41) is 5.19. The molecule has 2 rings (SSSR count). The Morgan fingerprint density at radius 1 is 1.58 bits per heavy atom. The quantitative estimate of drug-likeness (QED) is 0.890. The molecule has 1 amide bonds. The third kappa shape index (κ3) is 3.18. The van der Waals surface area contributed by atoms with Crippen LogP contribution >= 0.6 is 11.3 Å². The maximum Gasteiger partial charge on any atom is 0.227 e. The maximum absolute atomic E-state index is 12.6. The first-order chi connectivity index (χ1) is 9.07. The van der Waals surface area contributed by atoms with Gasteiger partial charge in [-0.25, -0.2) is 0 Å². The van der Waals surface area contributed by atoms with Crippen LogP contribution in [0.1, 0.15) is 50.4 Å². The van der Waals surface area contributed by atoms with E-state index in [2.05, 4.69) is 18.3 Å². The van der Waals surface area contributed by atoms with Gasteiger partial charge in [0.1, 0.15) is 0 Å². The van der Waals surface area contributed by atoms with E-state index in [-0.39, 0.29) is 17.4 Å². The minimum atomic E-state index is -0.335. The Labute approximate surface area is 119 Å². The molecular weight excluding hydrogens is 256 g/mol. The van der Waals surface area contributed by atoms with Crippen molar-refractivity contribution in [1.82, 2.24) is 5.32 Å². The Morgan fingerprint density at radius 2 is 2.26 bits per heavy atom.